The molecule has 0 atom stereocenters. The van der Waals surface area contributed by atoms with Crippen LogP contribution in [0.4, 0.5) is 14.5 Å². The van der Waals surface area contributed by atoms with Crippen LogP contribution in [0.5, 0.6) is 5.75 Å². The molecule has 202 valence electrons. The van der Waals surface area contributed by atoms with E-state index in [0.29, 0.717) is 37.1 Å². The number of hydrogen-bond acceptors (Lipinski definition) is 6. The number of carbonyl (C=O) groups is 1. The van der Waals surface area contributed by atoms with Crippen LogP contribution in [-0.4, -0.2) is 62.4 Å². The summed E-state index contributed by atoms with van der Waals surface area (Å²) in [5.74, 6) is -1.78. The molecule has 1 aliphatic rings. The SMILES string of the molecule is COc1cc(NS(=O)(=O)c2cccc3cccnc23)ccc1C(=O)N1CCN(Cc2cccc(F)c2F)CC1. The summed E-state index contributed by atoms with van der Waals surface area (Å²) in [7, 11) is -2.57. The minimum atomic E-state index is -3.98. The summed E-state index contributed by atoms with van der Waals surface area (Å²) in [5, 5.41) is 0.695. The number of sulfonamides is 1. The van der Waals surface area contributed by atoms with E-state index in [0.717, 1.165) is 6.07 Å². The van der Waals surface area contributed by atoms with Crippen molar-refractivity contribution in [3.05, 3.63) is 95.7 Å². The molecule has 8 nitrogen and oxygen atoms in total. The van der Waals surface area contributed by atoms with E-state index in [1.165, 1.54) is 43.6 Å². The third-order valence-electron chi connectivity index (χ3n) is 6.65. The summed E-state index contributed by atoms with van der Waals surface area (Å²) in [4.78, 5) is 21.1. The van der Waals surface area contributed by atoms with Gasteiger partial charge >= 0.3 is 0 Å². The molecule has 4 aromatic rings. The van der Waals surface area contributed by atoms with Gasteiger partial charge in [-0.15, -0.1) is 0 Å². The van der Waals surface area contributed by atoms with Crippen LogP contribution >= 0.6 is 0 Å². The van der Waals surface area contributed by atoms with Gasteiger partial charge in [0.2, 0.25) is 0 Å². The fourth-order valence-electron chi connectivity index (χ4n) is 4.63. The number of piperazine rings is 1. The van der Waals surface area contributed by atoms with Gasteiger partial charge in [-0.1, -0.05) is 30.3 Å². The number of methoxy groups -OCH3 is 1. The molecule has 1 amide bonds. The van der Waals surface area contributed by atoms with Gasteiger partial charge in [-0.3, -0.25) is 19.4 Å². The van der Waals surface area contributed by atoms with Crippen molar-refractivity contribution in [3.63, 3.8) is 0 Å². The van der Waals surface area contributed by atoms with E-state index in [4.69, 9.17) is 4.74 Å². The summed E-state index contributed by atoms with van der Waals surface area (Å²) in [6, 6.07) is 17.0. The number of ether oxygens (including phenoxy) is 1. The Morgan fingerprint density at radius 2 is 1.74 bits per heavy atom. The molecule has 39 heavy (non-hydrogen) atoms. The lowest BCUT2D eigenvalue weighted by atomic mass is 10.1. The average Bonchev–Trinajstić information content (AvgIpc) is 2.95. The summed E-state index contributed by atoms with van der Waals surface area (Å²) in [5.41, 5.74) is 1.15. The Morgan fingerprint density at radius 3 is 2.51 bits per heavy atom. The molecule has 5 rings (SSSR count). The Kier molecular flexibility index (Phi) is 7.45. The summed E-state index contributed by atoms with van der Waals surface area (Å²) < 4.78 is 61.9. The highest BCUT2D eigenvalue weighted by Gasteiger charge is 2.26. The number of carbonyl (C=O) groups excluding carboxylic acids is 1. The standard InChI is InChI=1S/C28H26F2N4O4S/c1-38-24-17-21(32-39(36,37)25-9-3-5-19-7-4-12-31-27(19)25)10-11-22(24)28(35)34-15-13-33(14-16-34)18-20-6-2-8-23(29)26(20)30/h2-12,17,32H,13-16,18H2,1H3. The number of rotatable bonds is 7. The number of halogens is 2. The van der Waals surface area contributed by atoms with Crippen LogP contribution in [-0.2, 0) is 16.6 Å². The normalized spacial score (nSPS) is 14.4. The number of pyridine rings is 1. The highest BCUT2D eigenvalue weighted by molar-refractivity contribution is 7.93. The number of hydrogen-bond donors (Lipinski definition) is 1. The molecule has 11 heteroatoms. The van der Waals surface area contributed by atoms with Crippen molar-refractivity contribution in [1.29, 1.82) is 0 Å². The fourth-order valence-corrected chi connectivity index (χ4v) is 5.86. The second-order valence-corrected chi connectivity index (χ2v) is 10.8. The van der Waals surface area contributed by atoms with Gasteiger partial charge in [-0.2, -0.15) is 0 Å². The Morgan fingerprint density at radius 1 is 1.00 bits per heavy atom. The maximum Gasteiger partial charge on any atom is 0.264 e. The third kappa shape index (κ3) is 5.55. The molecule has 0 saturated carbocycles. The molecule has 0 bridgehead atoms. The molecule has 1 aromatic heterocycles. The van der Waals surface area contributed by atoms with E-state index in [1.54, 1.807) is 35.2 Å². The zero-order valence-electron chi connectivity index (χ0n) is 21.1. The highest BCUT2D eigenvalue weighted by atomic mass is 32.2. The molecule has 1 saturated heterocycles. The molecule has 1 aliphatic heterocycles. The second-order valence-electron chi connectivity index (χ2n) is 9.13. The van der Waals surface area contributed by atoms with Crippen molar-refractivity contribution in [2.45, 2.75) is 11.4 Å². The van der Waals surface area contributed by atoms with Gasteiger partial charge in [-0.25, -0.2) is 17.2 Å². The maximum absolute atomic E-state index is 14.0. The van der Waals surface area contributed by atoms with Crippen LogP contribution in [0.15, 0.2) is 77.8 Å². The first-order chi connectivity index (χ1) is 18.8. The molecule has 0 unspecified atom stereocenters. The number of anilines is 1. The number of fused-ring (bicyclic) bond motifs is 1. The summed E-state index contributed by atoms with van der Waals surface area (Å²) >= 11 is 0. The van der Waals surface area contributed by atoms with Crippen molar-refractivity contribution in [2.75, 3.05) is 38.0 Å². The van der Waals surface area contributed by atoms with Crippen molar-refractivity contribution in [2.24, 2.45) is 0 Å². The molecule has 0 spiro atoms. The monoisotopic (exact) mass is 552 g/mol. The Balaban J connectivity index is 1.28. The van der Waals surface area contributed by atoms with Crippen molar-refractivity contribution in [3.8, 4) is 5.75 Å². The number of benzene rings is 3. The van der Waals surface area contributed by atoms with Gasteiger partial charge in [0.25, 0.3) is 15.9 Å². The summed E-state index contributed by atoms with van der Waals surface area (Å²) in [6.45, 7) is 2.00. The molecular weight excluding hydrogens is 526 g/mol. The van der Waals surface area contributed by atoms with E-state index in [9.17, 15) is 22.0 Å². The highest BCUT2D eigenvalue weighted by Crippen LogP contribution is 2.28. The van der Waals surface area contributed by atoms with Gasteiger partial charge in [-0.05, 0) is 30.3 Å². The van der Waals surface area contributed by atoms with Crippen LogP contribution in [0.3, 0.4) is 0 Å². The number of amides is 1. The molecule has 3 aromatic carbocycles. The number of aromatic nitrogens is 1. The van der Waals surface area contributed by atoms with Crippen molar-refractivity contribution < 1.29 is 26.7 Å². The zero-order chi connectivity index (χ0) is 27.6. The predicted octanol–water partition coefficient (Wildman–Crippen LogP) is 4.28. The van der Waals surface area contributed by atoms with Crippen LogP contribution in [0.25, 0.3) is 10.9 Å². The van der Waals surface area contributed by atoms with E-state index < -0.39 is 21.7 Å². The topological polar surface area (TPSA) is 91.8 Å². The smallest absolute Gasteiger partial charge is 0.264 e. The van der Waals surface area contributed by atoms with E-state index in [-0.39, 0.29) is 39.9 Å². The van der Waals surface area contributed by atoms with Crippen molar-refractivity contribution in [1.82, 2.24) is 14.8 Å². The first kappa shape index (κ1) is 26.5. The van der Waals surface area contributed by atoms with Crippen LogP contribution in [0, 0.1) is 11.6 Å². The summed E-state index contributed by atoms with van der Waals surface area (Å²) in [6.07, 6.45) is 1.53. The van der Waals surface area contributed by atoms with E-state index in [2.05, 4.69) is 9.71 Å². The number of para-hydroxylation sites is 1. The van der Waals surface area contributed by atoms with Gasteiger partial charge < -0.3 is 9.64 Å². The van der Waals surface area contributed by atoms with Gasteiger partial charge in [0.1, 0.15) is 10.6 Å². The number of nitrogens with one attached hydrogen (secondary N) is 1. The van der Waals surface area contributed by atoms with Gasteiger partial charge in [0.15, 0.2) is 11.6 Å². The molecule has 1 fully saturated rings. The lowest BCUT2D eigenvalue weighted by Crippen LogP contribution is -2.48. The largest absolute Gasteiger partial charge is 0.496 e. The minimum Gasteiger partial charge on any atom is -0.496 e. The van der Waals surface area contributed by atoms with E-state index >= 15 is 0 Å². The molecule has 2 heterocycles. The Hall–Kier alpha value is -4.09. The lowest BCUT2D eigenvalue weighted by molar-refractivity contribution is 0.0623. The molecule has 0 radical (unpaired) electrons. The van der Waals surface area contributed by atoms with Crippen LogP contribution in [0.1, 0.15) is 15.9 Å². The zero-order valence-corrected chi connectivity index (χ0v) is 21.9. The maximum atomic E-state index is 14.0. The quantitative estimate of drug-likeness (QED) is 0.368. The average molecular weight is 553 g/mol. The molecule has 1 N–H and O–H groups in total. The lowest BCUT2D eigenvalue weighted by Gasteiger charge is -2.35. The van der Waals surface area contributed by atoms with Crippen LogP contribution < -0.4 is 9.46 Å². The second kappa shape index (κ2) is 11.0. The first-order valence-corrected chi connectivity index (χ1v) is 13.7. The first-order valence-electron chi connectivity index (χ1n) is 12.3. The minimum absolute atomic E-state index is 0.0377. The fraction of sp³-hybridized carbons (Fsp3) is 0.214. The Bertz CT molecular complexity index is 1630. The van der Waals surface area contributed by atoms with Crippen molar-refractivity contribution >= 4 is 32.5 Å². The van der Waals surface area contributed by atoms with E-state index in [1.807, 2.05) is 4.90 Å². The predicted molar refractivity (Wildman–Crippen MR) is 143 cm³/mol. The molecule has 0 aliphatic carbocycles. The van der Waals surface area contributed by atoms with Gasteiger partial charge in [0, 0.05) is 55.9 Å². The number of nitrogens with zero attached hydrogens (tertiary/aromatic N) is 3. The third-order valence-corrected chi connectivity index (χ3v) is 8.07. The Labute approximate surface area is 224 Å². The van der Waals surface area contributed by atoms with Crippen LogP contribution in [0.2, 0.25) is 0 Å². The molecular formula is C28H26F2N4O4S. The van der Waals surface area contributed by atoms with Gasteiger partial charge in [0.05, 0.1) is 23.9 Å².